The number of carbonyl (C=O) groups excluding carboxylic acids is 3. The van der Waals surface area contributed by atoms with E-state index in [-0.39, 0.29) is 37.5 Å². The van der Waals surface area contributed by atoms with Crippen LogP contribution in [0, 0.1) is 0 Å². The Kier molecular flexibility index (Phi) is 52.1. The molecule has 0 aromatic rings. The molecule has 0 amide bonds. The average molecular weight is 951 g/mol. The fourth-order valence-electron chi connectivity index (χ4n) is 6.89. The Morgan fingerprint density at radius 1 is 0.304 bits per heavy atom. The fraction of sp³-hybridized carbons (Fsp3) is 0.571. The highest BCUT2D eigenvalue weighted by Gasteiger charge is 2.19. The van der Waals surface area contributed by atoms with Crippen LogP contribution in [0.2, 0.25) is 0 Å². The maximum absolute atomic E-state index is 12.8. The van der Waals surface area contributed by atoms with Crippen molar-refractivity contribution in [2.24, 2.45) is 0 Å². The molecule has 0 aromatic heterocycles. The molecule has 0 bridgehead atoms. The fourth-order valence-corrected chi connectivity index (χ4v) is 6.89. The summed E-state index contributed by atoms with van der Waals surface area (Å²) in [4.78, 5) is 38.1. The van der Waals surface area contributed by atoms with Crippen molar-refractivity contribution < 1.29 is 28.6 Å². The van der Waals surface area contributed by atoms with Crippen molar-refractivity contribution in [3.05, 3.63) is 146 Å². The summed E-state index contributed by atoms with van der Waals surface area (Å²) in [6.45, 7) is 6.18. The normalized spacial score (nSPS) is 13.3. The molecule has 0 aliphatic rings. The summed E-state index contributed by atoms with van der Waals surface area (Å²) in [7, 11) is 0. The van der Waals surface area contributed by atoms with Crippen LogP contribution in [-0.2, 0) is 28.6 Å². The molecule has 6 nitrogen and oxygen atoms in total. The minimum Gasteiger partial charge on any atom is -0.462 e. The molecule has 1 atom stereocenters. The lowest BCUT2D eigenvalue weighted by molar-refractivity contribution is -0.166. The second-order valence-electron chi connectivity index (χ2n) is 17.4. The van der Waals surface area contributed by atoms with E-state index in [1.54, 1.807) is 0 Å². The van der Waals surface area contributed by atoms with Gasteiger partial charge in [-0.25, -0.2) is 0 Å². The lowest BCUT2D eigenvalue weighted by Crippen LogP contribution is -2.30. The smallest absolute Gasteiger partial charge is 0.306 e. The monoisotopic (exact) mass is 951 g/mol. The first-order valence-corrected chi connectivity index (χ1v) is 27.4. The summed E-state index contributed by atoms with van der Waals surface area (Å²) in [5.41, 5.74) is 0. The van der Waals surface area contributed by atoms with Gasteiger partial charge in [0.05, 0.1) is 0 Å². The number of unbranched alkanes of at least 4 members (excludes halogenated alkanes) is 14. The largest absolute Gasteiger partial charge is 0.462 e. The summed E-state index contributed by atoms with van der Waals surface area (Å²) < 4.78 is 16.7. The lowest BCUT2D eigenvalue weighted by atomic mass is 10.1. The van der Waals surface area contributed by atoms with Crippen molar-refractivity contribution >= 4 is 17.9 Å². The van der Waals surface area contributed by atoms with E-state index < -0.39 is 6.10 Å². The summed E-state index contributed by atoms with van der Waals surface area (Å²) in [6, 6.07) is 0. The van der Waals surface area contributed by atoms with Crippen molar-refractivity contribution in [3.8, 4) is 0 Å². The van der Waals surface area contributed by atoms with E-state index in [1.165, 1.54) is 38.5 Å². The molecule has 0 saturated carbocycles. The molecule has 0 saturated heterocycles. The first-order chi connectivity index (χ1) is 34.0. The van der Waals surface area contributed by atoms with Gasteiger partial charge < -0.3 is 14.2 Å². The Morgan fingerprint density at radius 2 is 0.623 bits per heavy atom. The number of allylic oxidation sites excluding steroid dienone is 24. The summed E-state index contributed by atoms with van der Waals surface area (Å²) in [5, 5.41) is 0. The van der Waals surface area contributed by atoms with Gasteiger partial charge in [0.2, 0.25) is 0 Å². The molecular formula is C63H98O6. The number of ether oxygens (including phenoxy) is 3. The van der Waals surface area contributed by atoms with Crippen molar-refractivity contribution in [2.45, 2.75) is 219 Å². The van der Waals surface area contributed by atoms with Crippen molar-refractivity contribution in [3.63, 3.8) is 0 Å². The number of hydrogen-bond donors (Lipinski definition) is 0. The molecule has 386 valence electrons. The third kappa shape index (κ3) is 54.1. The van der Waals surface area contributed by atoms with Gasteiger partial charge in [-0.2, -0.15) is 0 Å². The molecule has 1 unspecified atom stereocenters. The van der Waals surface area contributed by atoms with E-state index in [0.29, 0.717) is 19.3 Å². The minimum absolute atomic E-state index is 0.120. The van der Waals surface area contributed by atoms with Crippen LogP contribution in [0.1, 0.15) is 213 Å². The standard InChI is InChI=1S/C63H98O6/c1-4-7-10-13-16-19-22-25-27-29-31-33-35-38-41-44-47-50-53-56-62(65)68-59-60(58-67-61(64)55-52-49-46-43-40-37-24-21-18-15-12-9-6-3)69-63(66)57-54-51-48-45-42-39-36-34-32-30-28-26-23-20-17-14-11-8-5-2/h7-12,15-21,24-28,31,33,38,41,47,50,60H,4-6,13-14,22-23,29-30,32,34-37,39-40,42-46,48-49,51-59H2,1-3H3/b10-7-,11-8-,12-9-,18-15-,19-16-,20-17-,24-21-,27-25-,28-26-,33-31-,41-38-,50-47-. The third-order valence-corrected chi connectivity index (χ3v) is 10.9. The molecule has 0 heterocycles. The number of carbonyl (C=O) groups is 3. The zero-order valence-electron chi connectivity index (χ0n) is 44.0. The van der Waals surface area contributed by atoms with Crippen molar-refractivity contribution in [1.29, 1.82) is 0 Å². The van der Waals surface area contributed by atoms with Gasteiger partial charge in [0.15, 0.2) is 6.10 Å². The van der Waals surface area contributed by atoms with E-state index in [2.05, 4.69) is 154 Å². The molecule has 0 N–H and O–H groups in total. The van der Waals surface area contributed by atoms with E-state index in [1.807, 2.05) is 12.2 Å². The van der Waals surface area contributed by atoms with Crippen LogP contribution in [0.5, 0.6) is 0 Å². The Labute approximate surface area is 423 Å². The van der Waals surface area contributed by atoms with Crippen LogP contribution in [-0.4, -0.2) is 37.2 Å². The molecule has 0 radical (unpaired) electrons. The van der Waals surface area contributed by atoms with Crippen LogP contribution in [0.3, 0.4) is 0 Å². The first-order valence-electron chi connectivity index (χ1n) is 27.4. The summed E-state index contributed by atoms with van der Waals surface area (Å²) in [6.07, 6.45) is 79.9. The molecule has 6 heteroatoms. The Bertz CT molecular complexity index is 1560. The maximum atomic E-state index is 12.8. The summed E-state index contributed by atoms with van der Waals surface area (Å²) >= 11 is 0. The molecule has 0 fully saturated rings. The molecule has 0 aliphatic heterocycles. The topological polar surface area (TPSA) is 78.9 Å². The van der Waals surface area contributed by atoms with Crippen LogP contribution in [0.25, 0.3) is 0 Å². The molecule has 0 rings (SSSR count). The molecule has 0 aliphatic carbocycles. The lowest BCUT2D eigenvalue weighted by Gasteiger charge is -2.18. The van der Waals surface area contributed by atoms with Crippen molar-refractivity contribution in [1.82, 2.24) is 0 Å². The van der Waals surface area contributed by atoms with Gasteiger partial charge in [0.25, 0.3) is 0 Å². The van der Waals surface area contributed by atoms with Gasteiger partial charge in [0, 0.05) is 19.3 Å². The molecule has 69 heavy (non-hydrogen) atoms. The van der Waals surface area contributed by atoms with Gasteiger partial charge >= 0.3 is 17.9 Å². The number of rotatable bonds is 47. The highest BCUT2D eigenvalue weighted by atomic mass is 16.6. The molecular weight excluding hydrogens is 853 g/mol. The zero-order chi connectivity index (χ0) is 50.0. The Balaban J connectivity index is 4.54. The van der Waals surface area contributed by atoms with Crippen LogP contribution in [0.4, 0.5) is 0 Å². The van der Waals surface area contributed by atoms with Gasteiger partial charge in [0.1, 0.15) is 13.2 Å². The van der Waals surface area contributed by atoms with E-state index in [4.69, 9.17) is 14.2 Å². The van der Waals surface area contributed by atoms with Crippen LogP contribution < -0.4 is 0 Å². The van der Waals surface area contributed by atoms with Gasteiger partial charge in [-0.15, -0.1) is 0 Å². The summed E-state index contributed by atoms with van der Waals surface area (Å²) in [5.74, 6) is -1.04. The minimum atomic E-state index is -0.827. The number of hydrogen-bond acceptors (Lipinski definition) is 6. The van der Waals surface area contributed by atoms with Gasteiger partial charge in [-0.3, -0.25) is 14.4 Å². The predicted molar refractivity (Wildman–Crippen MR) is 297 cm³/mol. The van der Waals surface area contributed by atoms with E-state index in [0.717, 1.165) is 128 Å². The predicted octanol–water partition coefficient (Wildman–Crippen LogP) is 18.4. The van der Waals surface area contributed by atoms with Gasteiger partial charge in [-0.05, 0) is 109 Å². The van der Waals surface area contributed by atoms with E-state index in [9.17, 15) is 14.4 Å². The second-order valence-corrected chi connectivity index (χ2v) is 17.4. The van der Waals surface area contributed by atoms with Crippen LogP contribution in [0.15, 0.2) is 146 Å². The second kappa shape index (κ2) is 55.9. The highest BCUT2D eigenvalue weighted by molar-refractivity contribution is 5.71. The van der Waals surface area contributed by atoms with Crippen LogP contribution >= 0.6 is 0 Å². The maximum Gasteiger partial charge on any atom is 0.306 e. The average Bonchev–Trinajstić information content (AvgIpc) is 3.35. The Hall–Kier alpha value is -4.71. The van der Waals surface area contributed by atoms with Crippen molar-refractivity contribution in [2.75, 3.05) is 13.2 Å². The third-order valence-electron chi connectivity index (χ3n) is 10.9. The van der Waals surface area contributed by atoms with Gasteiger partial charge in [-0.1, -0.05) is 231 Å². The zero-order valence-corrected chi connectivity index (χ0v) is 44.0. The Morgan fingerprint density at radius 3 is 1.06 bits per heavy atom. The molecule has 0 spiro atoms. The highest BCUT2D eigenvalue weighted by Crippen LogP contribution is 2.14. The SMILES string of the molecule is CC\C=C/C=C\C=C/CCCCCCCC(=O)OCC(COC(=O)CC/C=C\C/C=C\C/C=C\C/C=C\C/C=C\C/C=C\CC)OC(=O)CCCCCCCCCCC/C=C\C/C=C\C/C=C\CC. The molecule has 0 aromatic carbocycles. The quantitative estimate of drug-likeness (QED) is 0.0199. The first kappa shape index (κ1) is 64.3. The number of esters is 3. The van der Waals surface area contributed by atoms with E-state index >= 15 is 0 Å².